The smallest absolute Gasteiger partial charge is 0.407 e. The quantitative estimate of drug-likeness (QED) is 0.0194. The molecule has 4 aromatic carbocycles. The highest BCUT2D eigenvalue weighted by atomic mass is 35.5. The van der Waals surface area contributed by atoms with Gasteiger partial charge in [-0.2, -0.15) is 0 Å². The van der Waals surface area contributed by atoms with E-state index in [4.69, 9.17) is 19.9 Å². The number of hydrogen-bond acceptors (Lipinski definition) is 13. The van der Waals surface area contributed by atoms with Gasteiger partial charge in [0.1, 0.15) is 43.0 Å². The largest absolute Gasteiger partial charge is 0.459 e. The molecule has 0 saturated carbocycles. The Hall–Kier alpha value is -6.86. The van der Waals surface area contributed by atoms with E-state index in [1.807, 2.05) is 163 Å². The van der Waals surface area contributed by atoms with E-state index in [1.54, 1.807) is 34.6 Å². The summed E-state index contributed by atoms with van der Waals surface area (Å²) >= 11 is 0. The molecule has 0 fully saturated rings. The summed E-state index contributed by atoms with van der Waals surface area (Å²) in [6, 6.07) is 32.2. The van der Waals surface area contributed by atoms with Crippen LogP contribution in [0.25, 0.3) is 0 Å². The predicted molar refractivity (Wildman–Crippen MR) is 319 cm³/mol. The Morgan fingerprint density at radius 2 is 0.829 bits per heavy atom. The van der Waals surface area contributed by atoms with E-state index in [2.05, 4.69) is 26.6 Å². The van der Waals surface area contributed by atoms with Gasteiger partial charge in [0.25, 0.3) is 0 Å². The molecular weight excluding hydrogens is 1070 g/mol. The van der Waals surface area contributed by atoms with Gasteiger partial charge >= 0.3 is 18.0 Å². The Kier molecular flexibility index (Phi) is 31.8. The van der Waals surface area contributed by atoms with Crippen molar-refractivity contribution in [2.75, 3.05) is 0 Å². The van der Waals surface area contributed by atoms with E-state index < -0.39 is 95.7 Å². The third kappa shape index (κ3) is 26.4. The zero-order valence-corrected chi connectivity index (χ0v) is 50.4. The van der Waals surface area contributed by atoms with Crippen molar-refractivity contribution < 1.29 is 58.0 Å². The lowest BCUT2D eigenvalue weighted by atomic mass is 9.95. The maximum atomic E-state index is 13.4. The molecule has 0 spiro atoms. The van der Waals surface area contributed by atoms with Crippen molar-refractivity contribution in [1.82, 2.24) is 26.6 Å². The van der Waals surface area contributed by atoms with Crippen LogP contribution in [-0.2, 0) is 69.0 Å². The number of benzene rings is 4. The number of amides is 5. The molecule has 82 heavy (non-hydrogen) atoms. The molecule has 10 atom stereocenters. The van der Waals surface area contributed by atoms with Crippen molar-refractivity contribution >= 4 is 54.1 Å². The minimum Gasteiger partial charge on any atom is -0.459 e. The van der Waals surface area contributed by atoms with E-state index in [0.717, 1.165) is 22.3 Å². The lowest BCUT2D eigenvalue weighted by molar-refractivity contribution is -0.151. The molecule has 0 heterocycles. The van der Waals surface area contributed by atoms with Gasteiger partial charge in [0.05, 0.1) is 31.1 Å². The van der Waals surface area contributed by atoms with E-state index >= 15 is 0 Å². The Morgan fingerprint density at radius 1 is 0.488 bits per heavy atom. The topological polar surface area (TPSA) is 274 Å². The fourth-order valence-electron chi connectivity index (χ4n) is 8.29. The highest BCUT2D eigenvalue weighted by Gasteiger charge is 2.35. The molecule has 0 aliphatic carbocycles. The molecule has 0 aliphatic rings. The van der Waals surface area contributed by atoms with Crippen molar-refractivity contribution in [3.05, 3.63) is 144 Å². The van der Waals surface area contributed by atoms with Gasteiger partial charge in [-0.3, -0.25) is 19.2 Å². The predicted octanol–water partition coefficient (Wildman–Crippen LogP) is 7.43. The third-order valence-corrected chi connectivity index (χ3v) is 13.6. The second kappa shape index (κ2) is 36.6. The lowest BCUT2D eigenvalue weighted by Crippen LogP contribution is -2.56. The Labute approximate surface area is 491 Å². The molecule has 0 saturated heterocycles. The molecule has 4 aromatic rings. The summed E-state index contributed by atoms with van der Waals surface area (Å²) in [4.78, 5) is 90.8. The standard InChI is InChI=1S/C34H49N3O7.C29H41N3O5.ClH/c1-8-23(4)30(31(40)37-29(22(2)3)32(41)43-21-25-17-13-10-14-18-25)36-28(39)20-27(38)26(19-24-15-11-9-12-16-24)35-33(42)44-34(5,6)7;1-5-20(4)27(31-25(34)17-24(33)23(30)16-21-12-8-6-9-13-21)28(35)32-26(19(2)3)29(36)37-18-22-14-10-7-11-15-22;/h9-18,22-23,26-27,29-30,38H,8,19-21H2,1-7H3,(H,35,42)(H,36,39)(H,37,40);6-15,19-20,23-24,26-27,33H,5,16-18,30H2,1-4H3,(H,31,34)(H,32,35);1H/t23-,26-,27-,29-,30-;20-,23-,24-,26-,27-;/m00./s1. The zero-order chi connectivity index (χ0) is 60.2. The van der Waals surface area contributed by atoms with E-state index in [0.29, 0.717) is 19.3 Å². The number of ether oxygens (including phenoxy) is 3. The minimum atomic E-state index is -1.28. The summed E-state index contributed by atoms with van der Waals surface area (Å²) in [5.74, 6) is -4.13. The number of carbonyl (C=O) groups excluding carboxylic acids is 7. The fourth-order valence-corrected chi connectivity index (χ4v) is 8.29. The number of rotatable bonds is 29. The van der Waals surface area contributed by atoms with Crippen LogP contribution in [0.15, 0.2) is 121 Å². The number of carbonyl (C=O) groups is 7. The summed E-state index contributed by atoms with van der Waals surface area (Å²) in [5.41, 5.74) is 8.85. The van der Waals surface area contributed by atoms with Crippen LogP contribution in [-0.4, -0.2) is 106 Å². The Morgan fingerprint density at radius 3 is 1.17 bits per heavy atom. The highest BCUT2D eigenvalue weighted by Crippen LogP contribution is 2.17. The number of aliphatic hydroxyl groups is 2. The van der Waals surface area contributed by atoms with Gasteiger partial charge < -0.3 is 56.7 Å². The van der Waals surface area contributed by atoms with Gasteiger partial charge in [-0.25, -0.2) is 14.4 Å². The van der Waals surface area contributed by atoms with Crippen LogP contribution in [0.3, 0.4) is 0 Å². The molecule has 9 N–H and O–H groups in total. The average molecular weight is 1160 g/mol. The second-order valence-corrected chi connectivity index (χ2v) is 22.3. The minimum absolute atomic E-state index is 0. The van der Waals surface area contributed by atoms with Crippen LogP contribution in [0.4, 0.5) is 4.79 Å². The molecule has 5 amide bonds. The van der Waals surface area contributed by atoms with E-state index in [-0.39, 0.29) is 68.6 Å². The molecule has 452 valence electrons. The van der Waals surface area contributed by atoms with Gasteiger partial charge in [0.15, 0.2) is 0 Å². The third-order valence-electron chi connectivity index (χ3n) is 13.6. The summed E-state index contributed by atoms with van der Waals surface area (Å²) in [5, 5.41) is 35.3. The van der Waals surface area contributed by atoms with Gasteiger partial charge in [-0.15, -0.1) is 12.4 Å². The first-order valence-corrected chi connectivity index (χ1v) is 28.1. The van der Waals surface area contributed by atoms with Crippen LogP contribution in [0.2, 0.25) is 0 Å². The summed E-state index contributed by atoms with van der Waals surface area (Å²) in [6.07, 6.45) is -1.80. The van der Waals surface area contributed by atoms with Crippen molar-refractivity contribution in [1.29, 1.82) is 0 Å². The van der Waals surface area contributed by atoms with Gasteiger partial charge in [0.2, 0.25) is 23.6 Å². The van der Waals surface area contributed by atoms with Crippen molar-refractivity contribution in [2.24, 2.45) is 29.4 Å². The molecule has 0 aliphatic heterocycles. The first kappa shape index (κ1) is 71.2. The fraction of sp³-hybridized carbons (Fsp3) is 0.508. The maximum Gasteiger partial charge on any atom is 0.407 e. The lowest BCUT2D eigenvalue weighted by Gasteiger charge is -2.29. The summed E-state index contributed by atoms with van der Waals surface area (Å²) in [6.45, 7) is 20.1. The van der Waals surface area contributed by atoms with Crippen LogP contribution in [0.5, 0.6) is 0 Å². The Bertz CT molecular complexity index is 2540. The number of alkyl carbamates (subject to hydrolysis) is 1. The highest BCUT2D eigenvalue weighted by molar-refractivity contribution is 5.92. The number of hydrogen-bond donors (Lipinski definition) is 8. The van der Waals surface area contributed by atoms with Gasteiger partial charge in [-0.05, 0) is 79.5 Å². The van der Waals surface area contributed by atoms with E-state index in [9.17, 15) is 43.8 Å². The molecule has 0 bridgehead atoms. The molecule has 4 rings (SSSR count). The van der Waals surface area contributed by atoms with Gasteiger partial charge in [-0.1, -0.05) is 190 Å². The SMILES string of the molecule is CC[C@H](C)[C@H](NC(=O)C[C@H](O)[C@@H](N)Cc1ccccc1)C(=O)N[C@H](C(=O)OCc1ccccc1)C(C)C.CC[C@H](C)[C@H](NC(=O)C[C@H](O)[C@H](Cc1ccccc1)NC(=O)OC(C)(C)C)C(=O)N[C@H](C(=O)OCc1ccccc1)C(C)C.Cl. The van der Waals surface area contributed by atoms with Crippen LogP contribution < -0.4 is 32.3 Å². The van der Waals surface area contributed by atoms with Crippen LogP contribution in [0, 0.1) is 23.7 Å². The number of nitrogens with one attached hydrogen (secondary N) is 5. The number of esters is 2. The van der Waals surface area contributed by atoms with Gasteiger partial charge in [0, 0.05) is 6.04 Å². The molecule has 0 aromatic heterocycles. The molecule has 18 nitrogen and oxygen atoms in total. The molecule has 19 heteroatoms. The number of aliphatic hydroxyl groups excluding tert-OH is 2. The zero-order valence-electron chi connectivity index (χ0n) is 49.6. The van der Waals surface area contributed by atoms with Crippen LogP contribution >= 0.6 is 12.4 Å². The normalized spacial score (nSPS) is 14.8. The van der Waals surface area contributed by atoms with Crippen molar-refractivity contribution in [2.45, 2.75) is 182 Å². The average Bonchev–Trinajstić information content (AvgIpc) is 3.43. The van der Waals surface area contributed by atoms with E-state index in [1.165, 1.54) is 0 Å². The summed E-state index contributed by atoms with van der Waals surface area (Å²) in [7, 11) is 0. The molecule has 0 radical (unpaired) electrons. The second-order valence-electron chi connectivity index (χ2n) is 22.3. The Balaban J connectivity index is 0.000000561. The first-order valence-electron chi connectivity index (χ1n) is 28.1. The van der Waals surface area contributed by atoms with Crippen molar-refractivity contribution in [3.63, 3.8) is 0 Å². The van der Waals surface area contributed by atoms with Crippen LogP contribution in [0.1, 0.15) is 124 Å². The maximum absolute atomic E-state index is 13.4. The number of nitrogens with two attached hydrogens (primary N) is 1. The van der Waals surface area contributed by atoms with Crippen molar-refractivity contribution in [3.8, 4) is 0 Å². The molecule has 0 unspecified atom stereocenters. The molecular formula is C63H91ClN6O12. The monoisotopic (exact) mass is 1160 g/mol. The first-order chi connectivity index (χ1) is 38.3. The number of halogens is 1. The summed E-state index contributed by atoms with van der Waals surface area (Å²) < 4.78 is 16.3.